The van der Waals surface area contributed by atoms with Gasteiger partial charge >= 0.3 is 6.18 Å². The Hall–Kier alpha value is -2.66. The molecule has 0 bridgehead atoms. The molecule has 0 spiro atoms. The maximum Gasteiger partial charge on any atom is 0.393 e. The molecule has 1 aromatic carbocycles. The van der Waals surface area contributed by atoms with Crippen molar-refractivity contribution in [2.75, 3.05) is 13.7 Å². The zero-order valence-electron chi connectivity index (χ0n) is 18.3. The molecular weight excluding hydrogens is 446 g/mol. The summed E-state index contributed by atoms with van der Waals surface area (Å²) in [6.45, 7) is 7.36. The lowest BCUT2D eigenvalue weighted by molar-refractivity contribution is -0.592. The van der Waals surface area contributed by atoms with Gasteiger partial charge in [-0.15, -0.1) is 0 Å². The molecule has 11 heteroatoms. The number of rotatable bonds is 8. The Labute approximate surface area is 184 Å². The minimum absolute atomic E-state index is 0.123. The number of pyridine rings is 1. The second-order valence-electron chi connectivity index (χ2n) is 8.75. The molecule has 3 rings (SSSR count). The fraction of sp³-hybridized carbons (Fsp3) is 0.429. The summed E-state index contributed by atoms with van der Waals surface area (Å²) in [7, 11) is -0.107. The van der Waals surface area contributed by atoms with Gasteiger partial charge in [0.05, 0.1) is 36.2 Å². The first-order valence-corrected chi connectivity index (χ1v) is 13.7. The van der Waals surface area contributed by atoms with Gasteiger partial charge in [0.25, 0.3) is 0 Å². The van der Waals surface area contributed by atoms with Crippen LogP contribution in [0.15, 0.2) is 30.6 Å². The van der Waals surface area contributed by atoms with Crippen molar-refractivity contribution in [3.05, 3.63) is 47.2 Å². The first-order chi connectivity index (χ1) is 14.9. The van der Waals surface area contributed by atoms with Crippen LogP contribution in [0.2, 0.25) is 25.7 Å². The highest BCUT2D eigenvalue weighted by Crippen LogP contribution is 2.33. The molecule has 0 radical (unpaired) electrons. The second-order valence-corrected chi connectivity index (χ2v) is 14.4. The van der Waals surface area contributed by atoms with Crippen molar-refractivity contribution in [1.82, 2.24) is 9.78 Å². The number of alkyl halides is 3. The highest BCUT2D eigenvalue weighted by atomic mass is 28.3. The number of ether oxygens (including phenoxy) is 2. The maximum absolute atomic E-state index is 14.4. The number of nitrogens with zero attached hydrogens (tertiary/aromatic N) is 3. The van der Waals surface area contributed by atoms with E-state index >= 15 is 0 Å². The highest BCUT2D eigenvalue weighted by molar-refractivity contribution is 6.76. The van der Waals surface area contributed by atoms with Crippen molar-refractivity contribution in [3.8, 4) is 17.0 Å². The number of hydrogen-bond donors (Lipinski definition) is 0. The molecule has 0 fully saturated rings. The van der Waals surface area contributed by atoms with Crippen LogP contribution in [-0.4, -0.2) is 37.7 Å². The van der Waals surface area contributed by atoms with E-state index in [0.717, 1.165) is 25.3 Å². The van der Waals surface area contributed by atoms with Crippen LogP contribution in [-0.2, 0) is 17.9 Å². The highest BCUT2D eigenvalue weighted by Gasteiger charge is 2.31. The van der Waals surface area contributed by atoms with Gasteiger partial charge in [0.2, 0.25) is 5.69 Å². The Bertz CT molecular complexity index is 1110. The Morgan fingerprint density at radius 2 is 1.91 bits per heavy atom. The summed E-state index contributed by atoms with van der Waals surface area (Å²) in [6.07, 6.45) is -3.21. The van der Waals surface area contributed by atoms with E-state index in [1.807, 2.05) is 0 Å². The Morgan fingerprint density at radius 1 is 1.19 bits per heavy atom. The fourth-order valence-corrected chi connectivity index (χ4v) is 3.99. The number of fused-ring (bicyclic) bond motifs is 1. The van der Waals surface area contributed by atoms with Gasteiger partial charge in [0, 0.05) is 20.7 Å². The fourth-order valence-electron chi connectivity index (χ4n) is 3.24. The van der Waals surface area contributed by atoms with Gasteiger partial charge in [0.1, 0.15) is 6.73 Å². The van der Waals surface area contributed by atoms with Gasteiger partial charge in [-0.25, -0.2) is 9.07 Å². The summed E-state index contributed by atoms with van der Waals surface area (Å²) in [5.74, 6) is -1.19. The predicted octanol–water partition coefficient (Wildman–Crippen LogP) is 4.90. The second kappa shape index (κ2) is 9.06. The van der Waals surface area contributed by atoms with E-state index in [4.69, 9.17) is 9.47 Å². The van der Waals surface area contributed by atoms with Crippen molar-refractivity contribution in [2.24, 2.45) is 0 Å². The van der Waals surface area contributed by atoms with Crippen molar-refractivity contribution in [2.45, 2.75) is 45.0 Å². The third-order valence-corrected chi connectivity index (χ3v) is 6.64. The van der Waals surface area contributed by atoms with E-state index in [9.17, 15) is 22.8 Å². The molecule has 174 valence electrons. The van der Waals surface area contributed by atoms with E-state index in [1.165, 1.54) is 23.1 Å². The molecule has 0 saturated carbocycles. The third kappa shape index (κ3) is 5.77. The lowest BCUT2D eigenvalue weighted by Gasteiger charge is -2.16. The van der Waals surface area contributed by atoms with E-state index in [2.05, 4.69) is 24.7 Å². The maximum atomic E-state index is 14.4. The molecule has 0 atom stereocenters. The summed E-state index contributed by atoms with van der Waals surface area (Å²) < 4.78 is 66.3. The summed E-state index contributed by atoms with van der Waals surface area (Å²) in [5, 5.41) is 17.3. The van der Waals surface area contributed by atoms with Crippen LogP contribution < -0.4 is 9.47 Å². The van der Waals surface area contributed by atoms with E-state index < -0.39 is 26.5 Å². The number of hydrogen-bond acceptors (Lipinski definition) is 4. The van der Waals surface area contributed by atoms with Gasteiger partial charge in [-0.2, -0.15) is 23.0 Å². The summed E-state index contributed by atoms with van der Waals surface area (Å²) >= 11 is 0. The number of benzene rings is 1. The molecule has 0 aliphatic rings. The monoisotopic (exact) mass is 471 g/mol. The molecule has 2 heterocycles. The molecule has 0 unspecified atom stereocenters. The smallest absolute Gasteiger partial charge is 0.393 e. The number of aromatic nitrogens is 3. The largest absolute Gasteiger partial charge is 0.618 e. The number of methoxy groups -OCH3 is 1. The standard InChI is InChI=1S/C21H25F4N3O3Si/c1-30-20-7-14(10-21(23,24)25)16(8-17(20)22)19-9-18-15(12-28(19)29)11-26-27(18)13-31-5-6-32(2,3)4/h7-9,11-12H,5-6,10,13H2,1-4H3. The van der Waals surface area contributed by atoms with Gasteiger partial charge in [-0.1, -0.05) is 19.6 Å². The van der Waals surface area contributed by atoms with Gasteiger partial charge < -0.3 is 14.7 Å². The van der Waals surface area contributed by atoms with Crippen LogP contribution in [0.5, 0.6) is 5.75 Å². The molecule has 0 N–H and O–H groups in total. The van der Waals surface area contributed by atoms with Gasteiger partial charge in [-0.05, 0) is 23.7 Å². The summed E-state index contributed by atoms with van der Waals surface area (Å²) in [4.78, 5) is 0. The van der Waals surface area contributed by atoms with Crippen LogP contribution in [0, 0.1) is 11.0 Å². The van der Waals surface area contributed by atoms with Crippen LogP contribution in [0.25, 0.3) is 22.2 Å². The van der Waals surface area contributed by atoms with E-state index in [0.29, 0.717) is 22.2 Å². The van der Waals surface area contributed by atoms with Crippen molar-refractivity contribution in [1.29, 1.82) is 0 Å². The van der Waals surface area contributed by atoms with Crippen LogP contribution in [0.3, 0.4) is 0 Å². The molecule has 3 aromatic rings. The first kappa shape index (κ1) is 24.0. The van der Waals surface area contributed by atoms with Crippen molar-refractivity contribution in [3.63, 3.8) is 0 Å². The minimum atomic E-state index is -4.55. The molecule has 0 amide bonds. The Kier molecular flexibility index (Phi) is 6.79. The molecule has 0 saturated heterocycles. The average molecular weight is 472 g/mol. The molecule has 2 aromatic heterocycles. The summed E-state index contributed by atoms with van der Waals surface area (Å²) in [6, 6.07) is 4.22. The third-order valence-electron chi connectivity index (χ3n) is 4.93. The van der Waals surface area contributed by atoms with Crippen LogP contribution in [0.1, 0.15) is 5.56 Å². The SMILES string of the molecule is COc1cc(CC(F)(F)F)c(-c2cc3c(cnn3COCC[Si](C)(C)C)c[n+]2[O-])cc1F. The lowest BCUT2D eigenvalue weighted by atomic mass is 9.99. The molecule has 6 nitrogen and oxygen atoms in total. The summed E-state index contributed by atoms with van der Waals surface area (Å²) in [5.41, 5.74) is -0.0569. The molecule has 32 heavy (non-hydrogen) atoms. The normalized spacial score (nSPS) is 12.5. The molecule has 0 aliphatic heterocycles. The first-order valence-electron chi connectivity index (χ1n) is 9.98. The van der Waals surface area contributed by atoms with Crippen LogP contribution in [0.4, 0.5) is 17.6 Å². The van der Waals surface area contributed by atoms with E-state index in [1.54, 1.807) is 0 Å². The Morgan fingerprint density at radius 3 is 2.53 bits per heavy atom. The van der Waals surface area contributed by atoms with Crippen molar-refractivity contribution < 1.29 is 31.8 Å². The van der Waals surface area contributed by atoms with Gasteiger partial charge in [0.15, 0.2) is 17.8 Å². The topological polar surface area (TPSA) is 63.2 Å². The zero-order valence-corrected chi connectivity index (χ0v) is 19.3. The Balaban J connectivity index is 2.01. The molecule has 0 aliphatic carbocycles. The zero-order chi connectivity index (χ0) is 23.7. The quantitative estimate of drug-likeness (QED) is 0.154. The average Bonchev–Trinajstić information content (AvgIpc) is 3.05. The van der Waals surface area contributed by atoms with Crippen LogP contribution >= 0.6 is 0 Å². The number of halogens is 4. The minimum Gasteiger partial charge on any atom is -0.618 e. The van der Waals surface area contributed by atoms with Gasteiger partial charge in [-0.3, -0.25) is 0 Å². The van der Waals surface area contributed by atoms with Crippen molar-refractivity contribution >= 4 is 19.0 Å². The van der Waals surface area contributed by atoms with E-state index in [-0.39, 0.29) is 29.3 Å². The molecular formula is C21H25F4N3O3Si. The lowest BCUT2D eigenvalue weighted by Crippen LogP contribution is -2.29. The predicted molar refractivity (Wildman–Crippen MR) is 115 cm³/mol.